The van der Waals surface area contributed by atoms with Crippen molar-refractivity contribution < 1.29 is 4.39 Å². The zero-order valence-corrected chi connectivity index (χ0v) is 12.1. The number of anilines is 1. The number of aromatic amines is 1. The van der Waals surface area contributed by atoms with Crippen LogP contribution in [0.5, 0.6) is 0 Å². The van der Waals surface area contributed by atoms with Crippen molar-refractivity contribution in [1.29, 1.82) is 0 Å². The lowest BCUT2D eigenvalue weighted by atomic mass is 9.97. The monoisotopic (exact) mass is 307 g/mol. The minimum absolute atomic E-state index is 0.0765. The molecule has 2 aromatic rings. The van der Waals surface area contributed by atoms with Gasteiger partial charge in [-0.3, -0.25) is 9.78 Å². The number of aryl methyl sites for hydroxylation is 1. The van der Waals surface area contributed by atoms with Crippen molar-refractivity contribution in [3.05, 3.63) is 56.2 Å². The van der Waals surface area contributed by atoms with Gasteiger partial charge in [0.2, 0.25) is 5.95 Å². The van der Waals surface area contributed by atoms with Crippen LogP contribution in [0.3, 0.4) is 0 Å². The molecule has 2 N–H and O–H groups in total. The molecule has 110 valence electrons. The highest BCUT2D eigenvalue weighted by molar-refractivity contribution is 6.31. The zero-order valence-electron chi connectivity index (χ0n) is 11.4. The predicted octanol–water partition coefficient (Wildman–Crippen LogP) is 3.05. The molecule has 0 amide bonds. The minimum atomic E-state index is -0.371. The second kappa shape index (κ2) is 5.85. The number of hydrogen-bond donors (Lipinski definition) is 2. The SMILES string of the molecule is O=c1[nH]c(NCc2ccc(F)cc2Cl)nc2c1CCCC2. The normalized spacial score (nSPS) is 13.8. The summed E-state index contributed by atoms with van der Waals surface area (Å²) in [5, 5.41) is 3.39. The van der Waals surface area contributed by atoms with Crippen LogP contribution < -0.4 is 10.9 Å². The fourth-order valence-corrected chi connectivity index (χ4v) is 2.77. The van der Waals surface area contributed by atoms with E-state index in [4.69, 9.17) is 11.6 Å². The van der Waals surface area contributed by atoms with E-state index in [0.29, 0.717) is 17.5 Å². The van der Waals surface area contributed by atoms with E-state index in [1.54, 1.807) is 6.07 Å². The van der Waals surface area contributed by atoms with Crippen LogP contribution in [0, 0.1) is 5.82 Å². The van der Waals surface area contributed by atoms with Crippen molar-refractivity contribution in [2.45, 2.75) is 32.2 Å². The number of nitrogens with zero attached hydrogens (tertiary/aromatic N) is 1. The largest absolute Gasteiger partial charge is 0.352 e. The number of benzene rings is 1. The Hall–Kier alpha value is -1.88. The van der Waals surface area contributed by atoms with Crippen molar-refractivity contribution in [3.8, 4) is 0 Å². The number of H-pyrrole nitrogens is 1. The van der Waals surface area contributed by atoms with Crippen LogP contribution in [-0.2, 0) is 19.4 Å². The Labute approximate surface area is 126 Å². The molecule has 0 atom stereocenters. The van der Waals surface area contributed by atoms with E-state index in [2.05, 4.69) is 15.3 Å². The number of rotatable bonds is 3. The summed E-state index contributed by atoms with van der Waals surface area (Å²) in [6.45, 7) is 0.376. The maximum atomic E-state index is 13.0. The van der Waals surface area contributed by atoms with Crippen LogP contribution in [-0.4, -0.2) is 9.97 Å². The van der Waals surface area contributed by atoms with Crippen molar-refractivity contribution in [2.75, 3.05) is 5.32 Å². The van der Waals surface area contributed by atoms with Crippen molar-refractivity contribution in [2.24, 2.45) is 0 Å². The second-order valence-electron chi connectivity index (χ2n) is 5.14. The average Bonchev–Trinajstić information content (AvgIpc) is 2.46. The van der Waals surface area contributed by atoms with Crippen molar-refractivity contribution in [3.63, 3.8) is 0 Å². The molecule has 1 heterocycles. The Morgan fingerprint density at radius 1 is 1.33 bits per heavy atom. The summed E-state index contributed by atoms with van der Waals surface area (Å²) in [7, 11) is 0. The molecule has 1 aromatic heterocycles. The smallest absolute Gasteiger partial charge is 0.255 e. The van der Waals surface area contributed by atoms with Gasteiger partial charge in [0.05, 0.1) is 5.69 Å². The molecule has 0 spiro atoms. The molecule has 4 nitrogen and oxygen atoms in total. The highest BCUT2D eigenvalue weighted by atomic mass is 35.5. The Bertz CT molecular complexity index is 729. The van der Waals surface area contributed by atoms with Gasteiger partial charge in [-0.2, -0.15) is 0 Å². The molecular formula is C15H15ClFN3O. The molecule has 0 fully saturated rings. The second-order valence-corrected chi connectivity index (χ2v) is 5.54. The Morgan fingerprint density at radius 3 is 2.95 bits per heavy atom. The summed E-state index contributed by atoms with van der Waals surface area (Å²) in [5.41, 5.74) is 2.34. The van der Waals surface area contributed by atoms with E-state index < -0.39 is 0 Å². The highest BCUT2D eigenvalue weighted by Gasteiger charge is 2.15. The summed E-state index contributed by atoms with van der Waals surface area (Å²) in [6, 6.07) is 4.23. The molecule has 21 heavy (non-hydrogen) atoms. The highest BCUT2D eigenvalue weighted by Crippen LogP contribution is 2.19. The lowest BCUT2D eigenvalue weighted by molar-refractivity contribution is 0.627. The number of nitrogens with one attached hydrogen (secondary N) is 2. The summed E-state index contributed by atoms with van der Waals surface area (Å²) < 4.78 is 13.0. The number of halogens is 2. The van der Waals surface area contributed by atoms with E-state index in [-0.39, 0.29) is 11.4 Å². The Kier molecular flexibility index (Phi) is 3.92. The first-order chi connectivity index (χ1) is 10.1. The summed E-state index contributed by atoms with van der Waals surface area (Å²) in [4.78, 5) is 19.2. The van der Waals surface area contributed by atoms with E-state index in [1.165, 1.54) is 12.1 Å². The maximum absolute atomic E-state index is 13.0. The standard InChI is InChI=1S/C15H15ClFN3O/c16-12-7-10(17)6-5-9(12)8-18-15-19-13-4-2-1-3-11(13)14(21)20-15/h5-7H,1-4,8H2,(H2,18,19,20,21). The van der Waals surface area contributed by atoms with Crippen molar-refractivity contribution >= 4 is 17.5 Å². The molecule has 0 saturated heterocycles. The van der Waals surface area contributed by atoms with Crippen LogP contribution in [0.4, 0.5) is 10.3 Å². The van der Waals surface area contributed by atoms with Crippen LogP contribution in [0.15, 0.2) is 23.0 Å². The van der Waals surface area contributed by atoms with E-state index in [0.717, 1.165) is 42.5 Å². The summed E-state index contributed by atoms with van der Waals surface area (Å²) in [5.74, 6) is 0.0603. The number of aromatic nitrogens is 2. The molecule has 0 bridgehead atoms. The van der Waals surface area contributed by atoms with E-state index in [9.17, 15) is 9.18 Å². The Balaban J connectivity index is 1.79. The molecule has 6 heteroatoms. The zero-order chi connectivity index (χ0) is 14.8. The van der Waals surface area contributed by atoms with Gasteiger partial charge in [0.1, 0.15) is 5.82 Å². The lowest BCUT2D eigenvalue weighted by Crippen LogP contribution is -2.22. The molecule has 1 aromatic carbocycles. The van der Waals surface area contributed by atoms with Gasteiger partial charge in [0.25, 0.3) is 5.56 Å². The average molecular weight is 308 g/mol. The summed E-state index contributed by atoms with van der Waals surface area (Å²) >= 11 is 5.97. The van der Waals surface area contributed by atoms with Gasteiger partial charge in [0.15, 0.2) is 0 Å². The van der Waals surface area contributed by atoms with Gasteiger partial charge in [-0.05, 0) is 43.4 Å². The molecule has 3 rings (SSSR count). The van der Waals surface area contributed by atoms with Crippen LogP contribution >= 0.6 is 11.6 Å². The van der Waals surface area contributed by atoms with Gasteiger partial charge in [-0.25, -0.2) is 9.37 Å². The van der Waals surface area contributed by atoms with Gasteiger partial charge >= 0.3 is 0 Å². The topological polar surface area (TPSA) is 57.8 Å². The van der Waals surface area contributed by atoms with Gasteiger partial charge < -0.3 is 5.32 Å². The first-order valence-electron chi connectivity index (χ1n) is 6.93. The first kappa shape index (κ1) is 14.1. The molecule has 0 radical (unpaired) electrons. The molecule has 0 saturated carbocycles. The first-order valence-corrected chi connectivity index (χ1v) is 7.31. The Morgan fingerprint density at radius 2 is 2.14 bits per heavy atom. The third-order valence-electron chi connectivity index (χ3n) is 3.65. The maximum Gasteiger partial charge on any atom is 0.255 e. The summed E-state index contributed by atoms with van der Waals surface area (Å²) in [6.07, 6.45) is 3.73. The van der Waals surface area contributed by atoms with Crippen LogP contribution in [0.1, 0.15) is 29.7 Å². The number of fused-ring (bicyclic) bond motifs is 1. The van der Waals surface area contributed by atoms with E-state index in [1.807, 2.05) is 0 Å². The third kappa shape index (κ3) is 3.08. The molecule has 0 aliphatic heterocycles. The molecule has 1 aliphatic carbocycles. The van der Waals surface area contributed by atoms with Gasteiger partial charge in [0, 0.05) is 17.1 Å². The van der Waals surface area contributed by atoms with E-state index >= 15 is 0 Å². The lowest BCUT2D eigenvalue weighted by Gasteiger charge is -2.15. The van der Waals surface area contributed by atoms with Crippen LogP contribution in [0.2, 0.25) is 5.02 Å². The minimum Gasteiger partial charge on any atom is -0.352 e. The van der Waals surface area contributed by atoms with Crippen LogP contribution in [0.25, 0.3) is 0 Å². The molecule has 0 unspecified atom stereocenters. The molecule has 1 aliphatic rings. The van der Waals surface area contributed by atoms with Gasteiger partial charge in [-0.1, -0.05) is 17.7 Å². The predicted molar refractivity (Wildman–Crippen MR) is 80.2 cm³/mol. The quantitative estimate of drug-likeness (QED) is 0.916. The third-order valence-corrected chi connectivity index (χ3v) is 4.00. The molecular weight excluding hydrogens is 293 g/mol. The fourth-order valence-electron chi connectivity index (χ4n) is 2.53. The van der Waals surface area contributed by atoms with Gasteiger partial charge in [-0.15, -0.1) is 0 Å². The number of hydrogen-bond acceptors (Lipinski definition) is 3. The van der Waals surface area contributed by atoms with Crippen molar-refractivity contribution in [1.82, 2.24) is 9.97 Å². The fraction of sp³-hybridized carbons (Fsp3) is 0.333.